The second-order valence-corrected chi connectivity index (χ2v) is 11.9. The quantitative estimate of drug-likeness (QED) is 0.660. The number of carbonyl (C=O) groups excluding carboxylic acids is 1. The first-order chi connectivity index (χ1) is 15.1. The summed E-state index contributed by atoms with van der Waals surface area (Å²) in [6, 6.07) is 6.89. The molecule has 2 aliphatic rings. The van der Waals surface area contributed by atoms with Crippen LogP contribution in [0.2, 0.25) is 0 Å². The van der Waals surface area contributed by atoms with Gasteiger partial charge in [-0.25, -0.2) is 12.8 Å². The number of sulfonamides is 1. The van der Waals surface area contributed by atoms with E-state index >= 15 is 0 Å². The molecule has 6 nitrogen and oxygen atoms in total. The second-order valence-electron chi connectivity index (χ2n) is 8.88. The normalized spacial score (nSPS) is 17.8. The molecule has 4 rings (SSSR count). The Morgan fingerprint density at radius 1 is 1.28 bits per heavy atom. The number of carbonyl (C=O) groups is 1. The lowest BCUT2D eigenvalue weighted by atomic mass is 9.88. The van der Waals surface area contributed by atoms with Gasteiger partial charge in [0.1, 0.15) is 11.1 Å². The van der Waals surface area contributed by atoms with Crippen molar-refractivity contribution in [2.45, 2.75) is 44.4 Å². The third-order valence-electron chi connectivity index (χ3n) is 6.12. The number of rotatable bonds is 7. The van der Waals surface area contributed by atoms with Gasteiger partial charge in [0, 0.05) is 42.5 Å². The average Bonchev–Trinajstić information content (AvgIpc) is 2.62. The Kier molecular flexibility index (Phi) is 6.61. The van der Waals surface area contributed by atoms with Crippen molar-refractivity contribution in [2.75, 3.05) is 24.6 Å². The van der Waals surface area contributed by atoms with Gasteiger partial charge in [-0.05, 0) is 59.4 Å². The molecule has 0 saturated carbocycles. The average molecular weight is 478 g/mol. The van der Waals surface area contributed by atoms with Gasteiger partial charge in [0.15, 0.2) is 0 Å². The zero-order valence-corrected chi connectivity index (χ0v) is 20.1. The van der Waals surface area contributed by atoms with Crippen molar-refractivity contribution in [2.24, 2.45) is 0 Å². The van der Waals surface area contributed by atoms with E-state index in [1.165, 1.54) is 12.1 Å². The van der Waals surface area contributed by atoms with Gasteiger partial charge in [-0.15, -0.1) is 0 Å². The Bertz CT molecular complexity index is 1130. The highest BCUT2D eigenvalue weighted by Gasteiger charge is 2.42. The largest absolute Gasteiger partial charge is 0.296 e. The molecule has 0 unspecified atom stereocenters. The van der Waals surface area contributed by atoms with Crippen molar-refractivity contribution in [3.05, 3.63) is 53.1 Å². The van der Waals surface area contributed by atoms with Gasteiger partial charge in [0.25, 0.3) is 0 Å². The maximum atomic E-state index is 14.4. The summed E-state index contributed by atoms with van der Waals surface area (Å²) < 4.78 is 42.2. The van der Waals surface area contributed by atoms with Crippen LogP contribution in [0.3, 0.4) is 0 Å². The Hall–Kier alpha value is -1.97. The zero-order valence-electron chi connectivity index (χ0n) is 18.5. The molecule has 1 aromatic carbocycles. The summed E-state index contributed by atoms with van der Waals surface area (Å²) in [5.41, 5.74) is 3.44. The molecule has 32 heavy (non-hydrogen) atoms. The first kappa shape index (κ1) is 23.2. The molecule has 2 aromatic rings. The number of nitrogens with one attached hydrogen (secondary N) is 1. The topological polar surface area (TPSA) is 79.4 Å². The SMILES string of the molecule is Cc1cc(-c2cc(F)cc(C(C)C)c2CC(=O)NS(=O)(=O)C2CN(C3CSC3)C2)ccn1. The Morgan fingerprint density at radius 2 is 2.00 bits per heavy atom. The lowest BCUT2D eigenvalue weighted by Gasteiger charge is -2.46. The minimum atomic E-state index is -3.75. The van der Waals surface area contributed by atoms with E-state index in [0.29, 0.717) is 35.8 Å². The number of aromatic nitrogens is 1. The lowest BCUT2D eigenvalue weighted by molar-refractivity contribution is -0.118. The molecule has 172 valence electrons. The summed E-state index contributed by atoms with van der Waals surface area (Å²) in [5, 5.41) is -0.572. The minimum Gasteiger partial charge on any atom is -0.296 e. The van der Waals surface area contributed by atoms with Gasteiger partial charge < -0.3 is 0 Å². The predicted molar refractivity (Wildman–Crippen MR) is 126 cm³/mol. The van der Waals surface area contributed by atoms with E-state index in [0.717, 1.165) is 22.8 Å². The highest BCUT2D eigenvalue weighted by molar-refractivity contribution is 8.00. The van der Waals surface area contributed by atoms with Crippen molar-refractivity contribution in [1.82, 2.24) is 14.6 Å². The van der Waals surface area contributed by atoms with Gasteiger partial charge in [0.05, 0.1) is 6.42 Å². The van der Waals surface area contributed by atoms with Gasteiger partial charge in [-0.3, -0.25) is 19.4 Å². The van der Waals surface area contributed by atoms with Crippen LogP contribution in [0, 0.1) is 12.7 Å². The van der Waals surface area contributed by atoms with Crippen molar-refractivity contribution < 1.29 is 17.6 Å². The van der Waals surface area contributed by atoms with Crippen molar-refractivity contribution in [3.8, 4) is 11.1 Å². The molecule has 3 heterocycles. The monoisotopic (exact) mass is 477 g/mol. The standard InChI is InChI=1S/C23H28FN3O3S2/c1-14(2)20-7-17(24)8-21(16-4-5-25-15(3)6-16)22(20)9-23(28)26-32(29,30)19-10-27(11-19)18-12-31-13-18/h4-8,14,18-19H,9-13H2,1-3H3,(H,26,28). The molecule has 1 N–H and O–H groups in total. The summed E-state index contributed by atoms with van der Waals surface area (Å²) in [5.74, 6) is 1.06. The van der Waals surface area contributed by atoms with Crippen LogP contribution in [0.1, 0.15) is 36.6 Å². The number of benzene rings is 1. The summed E-state index contributed by atoms with van der Waals surface area (Å²) in [6.07, 6.45) is 1.50. The molecule has 0 aliphatic carbocycles. The van der Waals surface area contributed by atoms with Gasteiger partial charge in [0.2, 0.25) is 15.9 Å². The van der Waals surface area contributed by atoms with Crippen LogP contribution in [-0.2, 0) is 21.2 Å². The third kappa shape index (κ3) is 4.84. The minimum absolute atomic E-state index is 0.0349. The molecular formula is C23H28FN3O3S2. The van der Waals surface area contributed by atoms with Crippen LogP contribution in [0.15, 0.2) is 30.5 Å². The number of hydrogen-bond donors (Lipinski definition) is 1. The molecule has 2 saturated heterocycles. The maximum absolute atomic E-state index is 14.4. The Balaban J connectivity index is 1.55. The molecular weight excluding hydrogens is 449 g/mol. The number of aryl methyl sites for hydroxylation is 1. The number of pyridine rings is 1. The molecule has 0 atom stereocenters. The molecule has 2 fully saturated rings. The highest BCUT2D eigenvalue weighted by atomic mass is 32.2. The lowest BCUT2D eigenvalue weighted by Crippen LogP contribution is -2.63. The Morgan fingerprint density at radius 3 is 2.59 bits per heavy atom. The maximum Gasteiger partial charge on any atom is 0.240 e. The van der Waals surface area contributed by atoms with E-state index in [1.807, 2.05) is 38.6 Å². The van der Waals surface area contributed by atoms with Crippen molar-refractivity contribution >= 4 is 27.7 Å². The van der Waals surface area contributed by atoms with Crippen LogP contribution >= 0.6 is 11.8 Å². The molecule has 0 bridgehead atoms. The van der Waals surface area contributed by atoms with E-state index in [2.05, 4.69) is 14.6 Å². The van der Waals surface area contributed by atoms with Crippen LogP contribution in [0.25, 0.3) is 11.1 Å². The summed E-state index contributed by atoms with van der Waals surface area (Å²) in [7, 11) is -3.75. The molecule has 2 aliphatic heterocycles. The predicted octanol–water partition coefficient (Wildman–Crippen LogP) is 3.11. The first-order valence-electron chi connectivity index (χ1n) is 10.8. The van der Waals surface area contributed by atoms with Crippen molar-refractivity contribution in [1.29, 1.82) is 0 Å². The van der Waals surface area contributed by atoms with E-state index < -0.39 is 27.0 Å². The van der Waals surface area contributed by atoms with E-state index in [-0.39, 0.29) is 12.3 Å². The summed E-state index contributed by atoms with van der Waals surface area (Å²) in [6.45, 7) is 6.62. The number of likely N-dealkylation sites (tertiary alicyclic amines) is 1. The fourth-order valence-electron chi connectivity index (χ4n) is 4.18. The zero-order chi connectivity index (χ0) is 23.0. The second kappa shape index (κ2) is 9.11. The van der Waals surface area contributed by atoms with Crippen LogP contribution < -0.4 is 4.72 Å². The van der Waals surface area contributed by atoms with E-state index in [9.17, 15) is 17.6 Å². The van der Waals surface area contributed by atoms with Crippen LogP contribution in [-0.4, -0.2) is 60.1 Å². The summed E-state index contributed by atoms with van der Waals surface area (Å²) in [4.78, 5) is 19.2. The number of hydrogen-bond acceptors (Lipinski definition) is 6. The smallest absolute Gasteiger partial charge is 0.240 e. The molecule has 0 radical (unpaired) electrons. The molecule has 1 amide bonds. The number of amides is 1. The van der Waals surface area contributed by atoms with Crippen molar-refractivity contribution in [3.63, 3.8) is 0 Å². The first-order valence-corrected chi connectivity index (χ1v) is 13.5. The van der Waals surface area contributed by atoms with E-state index in [4.69, 9.17) is 0 Å². The van der Waals surface area contributed by atoms with E-state index in [1.54, 1.807) is 12.3 Å². The third-order valence-corrected chi connectivity index (χ3v) is 9.05. The molecule has 1 aromatic heterocycles. The van der Waals surface area contributed by atoms with Crippen LogP contribution in [0.4, 0.5) is 4.39 Å². The molecule has 0 spiro atoms. The highest BCUT2D eigenvalue weighted by Crippen LogP contribution is 2.33. The number of thioether (sulfide) groups is 1. The molecule has 9 heteroatoms. The van der Waals surface area contributed by atoms with Gasteiger partial charge in [-0.2, -0.15) is 11.8 Å². The number of nitrogens with zero attached hydrogens (tertiary/aromatic N) is 2. The van der Waals surface area contributed by atoms with Gasteiger partial charge >= 0.3 is 0 Å². The van der Waals surface area contributed by atoms with Gasteiger partial charge in [-0.1, -0.05) is 13.8 Å². The van der Waals surface area contributed by atoms with Crippen LogP contribution in [0.5, 0.6) is 0 Å². The number of halogens is 1. The fourth-order valence-corrected chi connectivity index (χ4v) is 6.38. The Labute approximate surface area is 193 Å². The fraction of sp³-hybridized carbons (Fsp3) is 0.478. The summed E-state index contributed by atoms with van der Waals surface area (Å²) >= 11 is 1.86.